The van der Waals surface area contributed by atoms with Crippen molar-refractivity contribution in [3.05, 3.63) is 64.4 Å². The van der Waals surface area contributed by atoms with Crippen molar-refractivity contribution in [2.45, 2.75) is 0 Å². The second-order valence-electron chi connectivity index (χ2n) is 4.18. The van der Waals surface area contributed by atoms with Crippen LogP contribution >= 0.6 is 11.6 Å². The lowest BCUT2D eigenvalue weighted by Crippen LogP contribution is -2.16. The zero-order chi connectivity index (χ0) is 15.4. The largest absolute Gasteiger partial charge is 0.409 e. The van der Waals surface area contributed by atoms with E-state index in [-0.39, 0.29) is 22.1 Å². The number of hydrogen-bond acceptors (Lipinski definition) is 3. The van der Waals surface area contributed by atoms with Crippen LogP contribution in [0.3, 0.4) is 0 Å². The van der Waals surface area contributed by atoms with Crippen LogP contribution in [0.1, 0.15) is 15.9 Å². The SMILES string of the molecule is N/C(=N/O)c1cccc(C(=O)Nc2cc(F)cc(Cl)c2)c1. The predicted octanol–water partition coefficient (Wildman–Crippen LogP) is 2.83. The first-order valence-corrected chi connectivity index (χ1v) is 6.23. The molecule has 0 radical (unpaired) electrons. The molecule has 0 heterocycles. The molecule has 0 saturated heterocycles. The van der Waals surface area contributed by atoms with Crippen molar-refractivity contribution in [3.63, 3.8) is 0 Å². The fourth-order valence-corrected chi connectivity index (χ4v) is 1.93. The van der Waals surface area contributed by atoms with E-state index in [9.17, 15) is 9.18 Å². The van der Waals surface area contributed by atoms with Gasteiger partial charge in [0, 0.05) is 21.8 Å². The maximum absolute atomic E-state index is 13.2. The summed E-state index contributed by atoms with van der Waals surface area (Å²) in [6.07, 6.45) is 0. The Balaban J connectivity index is 2.24. The molecule has 0 fully saturated rings. The minimum Gasteiger partial charge on any atom is -0.409 e. The minimum absolute atomic E-state index is 0.113. The number of carbonyl (C=O) groups excluding carboxylic acids is 1. The molecule has 0 unspecified atom stereocenters. The Morgan fingerprint density at radius 3 is 2.62 bits per heavy atom. The Morgan fingerprint density at radius 1 is 1.24 bits per heavy atom. The van der Waals surface area contributed by atoms with E-state index in [4.69, 9.17) is 22.5 Å². The van der Waals surface area contributed by atoms with Gasteiger partial charge in [-0.2, -0.15) is 0 Å². The summed E-state index contributed by atoms with van der Waals surface area (Å²) in [7, 11) is 0. The molecule has 0 aliphatic carbocycles. The fraction of sp³-hybridized carbons (Fsp3) is 0. The average Bonchev–Trinajstić information content (AvgIpc) is 2.45. The second kappa shape index (κ2) is 6.23. The van der Waals surface area contributed by atoms with Gasteiger partial charge in [0.1, 0.15) is 5.82 Å². The number of oxime groups is 1. The molecule has 1 amide bonds. The maximum Gasteiger partial charge on any atom is 0.255 e. The number of nitrogens with zero attached hydrogens (tertiary/aromatic N) is 1. The van der Waals surface area contributed by atoms with Gasteiger partial charge in [-0.1, -0.05) is 28.9 Å². The lowest BCUT2D eigenvalue weighted by atomic mass is 10.1. The third-order valence-corrected chi connectivity index (χ3v) is 2.87. The monoisotopic (exact) mass is 307 g/mol. The van der Waals surface area contributed by atoms with E-state index in [0.29, 0.717) is 5.56 Å². The molecule has 4 N–H and O–H groups in total. The minimum atomic E-state index is -0.553. The first-order valence-electron chi connectivity index (χ1n) is 5.85. The number of anilines is 1. The first kappa shape index (κ1) is 14.8. The average molecular weight is 308 g/mol. The summed E-state index contributed by atoms with van der Waals surface area (Å²) in [5, 5.41) is 14.2. The topological polar surface area (TPSA) is 87.7 Å². The van der Waals surface area contributed by atoms with Gasteiger partial charge >= 0.3 is 0 Å². The highest BCUT2D eigenvalue weighted by Gasteiger charge is 2.09. The van der Waals surface area contributed by atoms with Gasteiger partial charge in [-0.3, -0.25) is 4.79 Å². The third kappa shape index (κ3) is 3.70. The summed E-state index contributed by atoms with van der Waals surface area (Å²) < 4.78 is 13.2. The van der Waals surface area contributed by atoms with Gasteiger partial charge in [0.2, 0.25) is 0 Å². The van der Waals surface area contributed by atoms with Crippen molar-refractivity contribution in [2.24, 2.45) is 10.9 Å². The molecule has 0 aromatic heterocycles. The van der Waals surface area contributed by atoms with Gasteiger partial charge in [-0.05, 0) is 30.3 Å². The van der Waals surface area contributed by atoms with Crippen LogP contribution in [0, 0.1) is 5.82 Å². The van der Waals surface area contributed by atoms with Crippen molar-refractivity contribution < 1.29 is 14.4 Å². The van der Waals surface area contributed by atoms with E-state index in [1.54, 1.807) is 18.2 Å². The number of nitrogens with one attached hydrogen (secondary N) is 1. The van der Waals surface area contributed by atoms with Gasteiger partial charge in [0.25, 0.3) is 5.91 Å². The van der Waals surface area contributed by atoms with E-state index >= 15 is 0 Å². The number of amidine groups is 1. The number of benzene rings is 2. The van der Waals surface area contributed by atoms with Crippen LogP contribution in [0.15, 0.2) is 47.6 Å². The summed E-state index contributed by atoms with van der Waals surface area (Å²) >= 11 is 5.71. The normalized spacial score (nSPS) is 11.2. The molecule has 0 bridgehead atoms. The molecule has 2 rings (SSSR count). The Hall–Kier alpha value is -2.60. The van der Waals surface area contributed by atoms with Crippen molar-refractivity contribution in [1.29, 1.82) is 0 Å². The predicted molar refractivity (Wildman–Crippen MR) is 78.3 cm³/mol. The Labute approximate surface area is 124 Å². The molecule has 108 valence electrons. The highest BCUT2D eigenvalue weighted by Crippen LogP contribution is 2.19. The summed E-state index contributed by atoms with van der Waals surface area (Å²) in [4.78, 5) is 12.1. The zero-order valence-electron chi connectivity index (χ0n) is 10.7. The molecule has 0 aliphatic heterocycles. The molecular formula is C14H11ClFN3O2. The van der Waals surface area contributed by atoms with Crippen LogP contribution < -0.4 is 11.1 Å². The highest BCUT2D eigenvalue weighted by molar-refractivity contribution is 6.31. The molecule has 21 heavy (non-hydrogen) atoms. The van der Waals surface area contributed by atoms with E-state index in [2.05, 4.69) is 10.5 Å². The Bertz CT molecular complexity index is 699. The number of halogens is 2. The molecule has 2 aromatic carbocycles. The standard InChI is InChI=1S/C14H11ClFN3O2/c15-10-5-11(16)7-12(6-10)18-14(20)9-3-1-2-8(4-9)13(17)19-21/h1-7,21H,(H2,17,19)(H,18,20). The molecule has 5 nitrogen and oxygen atoms in total. The first-order chi connectivity index (χ1) is 9.99. The molecular weight excluding hydrogens is 297 g/mol. The molecule has 7 heteroatoms. The van der Waals surface area contributed by atoms with Crippen LogP contribution in [0.5, 0.6) is 0 Å². The van der Waals surface area contributed by atoms with Crippen LogP contribution in [0.2, 0.25) is 5.02 Å². The molecule has 0 saturated carbocycles. The smallest absolute Gasteiger partial charge is 0.255 e. The number of hydrogen-bond donors (Lipinski definition) is 3. The van der Waals surface area contributed by atoms with Crippen LogP contribution in [0.4, 0.5) is 10.1 Å². The quantitative estimate of drug-likeness (QED) is 0.352. The molecule has 0 atom stereocenters. The van der Waals surface area contributed by atoms with Crippen molar-refractivity contribution in [2.75, 3.05) is 5.32 Å². The zero-order valence-corrected chi connectivity index (χ0v) is 11.4. The Morgan fingerprint density at radius 2 is 1.95 bits per heavy atom. The highest BCUT2D eigenvalue weighted by atomic mass is 35.5. The van der Waals surface area contributed by atoms with Crippen molar-refractivity contribution in [1.82, 2.24) is 0 Å². The second-order valence-corrected chi connectivity index (χ2v) is 4.61. The lowest BCUT2D eigenvalue weighted by molar-refractivity contribution is 0.102. The lowest BCUT2D eigenvalue weighted by Gasteiger charge is -2.07. The number of rotatable bonds is 3. The summed E-state index contributed by atoms with van der Waals surface area (Å²) in [6, 6.07) is 9.88. The number of carbonyl (C=O) groups is 1. The van der Waals surface area contributed by atoms with Crippen molar-refractivity contribution >= 4 is 29.0 Å². The van der Waals surface area contributed by atoms with E-state index in [1.807, 2.05) is 0 Å². The van der Waals surface area contributed by atoms with Crippen LogP contribution in [0.25, 0.3) is 0 Å². The molecule has 2 aromatic rings. The van der Waals surface area contributed by atoms with Gasteiger partial charge in [-0.25, -0.2) is 4.39 Å². The van der Waals surface area contributed by atoms with Gasteiger partial charge in [0.05, 0.1) is 0 Å². The molecule has 0 aliphatic rings. The van der Waals surface area contributed by atoms with Gasteiger partial charge in [-0.15, -0.1) is 0 Å². The molecule has 0 spiro atoms. The van der Waals surface area contributed by atoms with Gasteiger partial charge < -0.3 is 16.3 Å². The summed E-state index contributed by atoms with van der Waals surface area (Å²) in [5.74, 6) is -1.13. The summed E-state index contributed by atoms with van der Waals surface area (Å²) in [6.45, 7) is 0. The van der Waals surface area contributed by atoms with Crippen molar-refractivity contribution in [3.8, 4) is 0 Å². The van der Waals surface area contributed by atoms with Crippen LogP contribution in [-0.2, 0) is 0 Å². The number of nitrogens with two attached hydrogens (primary N) is 1. The number of amides is 1. The van der Waals surface area contributed by atoms with Crippen LogP contribution in [-0.4, -0.2) is 17.0 Å². The van der Waals surface area contributed by atoms with E-state index < -0.39 is 11.7 Å². The van der Waals surface area contributed by atoms with E-state index in [1.165, 1.54) is 12.1 Å². The van der Waals surface area contributed by atoms with Gasteiger partial charge in [0.15, 0.2) is 5.84 Å². The summed E-state index contributed by atoms with van der Waals surface area (Å²) in [5.41, 5.74) is 6.36. The maximum atomic E-state index is 13.2. The van der Waals surface area contributed by atoms with E-state index in [0.717, 1.165) is 12.1 Å². The third-order valence-electron chi connectivity index (χ3n) is 2.65. The Kier molecular flexibility index (Phi) is 4.39. The fourth-order valence-electron chi connectivity index (χ4n) is 1.71.